The lowest BCUT2D eigenvalue weighted by Crippen LogP contribution is -2.59. The van der Waals surface area contributed by atoms with Crippen LogP contribution in [0.4, 0.5) is 0 Å². The number of halogens is 1. The number of hydrogen-bond donors (Lipinski definition) is 1. The number of unbranched alkanes of at least 4 members (excludes halogenated alkanes) is 2. The standard InChI is InChI=1S/C32H44BrN3O4S/c1-6-16-34(21-22-14-10-8-11-15-22)28(38)24-25-29(39)35(18-12-9-13-19-37)27(32(25)20-23(33)26(24)41-32)30(40)36(17-7-2)31(3,4)5/h6-8,10-11,14-15,23-27,37H,1-2,9,12-13,16-21H2,3-5H3/t23?,24-,25+,26-,27?,32?/m1/s1. The molecule has 3 aliphatic rings. The summed E-state index contributed by atoms with van der Waals surface area (Å²) in [4.78, 5) is 48.7. The first-order valence-corrected chi connectivity index (χ1v) is 16.4. The van der Waals surface area contributed by atoms with Gasteiger partial charge in [-0.05, 0) is 52.0 Å². The van der Waals surface area contributed by atoms with Crippen molar-refractivity contribution in [2.45, 2.75) is 79.4 Å². The third-order valence-corrected chi connectivity index (χ3v) is 11.9. The van der Waals surface area contributed by atoms with Gasteiger partial charge in [-0.25, -0.2) is 0 Å². The molecule has 224 valence electrons. The van der Waals surface area contributed by atoms with E-state index in [1.54, 1.807) is 33.7 Å². The highest BCUT2D eigenvalue weighted by Gasteiger charge is 2.76. The van der Waals surface area contributed by atoms with E-state index in [9.17, 15) is 19.5 Å². The van der Waals surface area contributed by atoms with E-state index in [4.69, 9.17) is 0 Å². The summed E-state index contributed by atoms with van der Waals surface area (Å²) in [5.74, 6) is -1.33. The Morgan fingerprint density at radius 2 is 1.80 bits per heavy atom. The minimum atomic E-state index is -0.693. The lowest BCUT2D eigenvalue weighted by Gasteiger charge is -2.42. The highest BCUT2D eigenvalue weighted by atomic mass is 79.9. The summed E-state index contributed by atoms with van der Waals surface area (Å²) in [6.45, 7) is 15.5. The van der Waals surface area contributed by atoms with Gasteiger partial charge in [-0.2, -0.15) is 0 Å². The number of carbonyl (C=O) groups is 3. The van der Waals surface area contributed by atoms with Crippen LogP contribution >= 0.6 is 27.7 Å². The molecule has 1 spiro atoms. The molecule has 3 heterocycles. The van der Waals surface area contributed by atoms with Crippen molar-refractivity contribution in [3.05, 3.63) is 61.2 Å². The van der Waals surface area contributed by atoms with Crippen LogP contribution in [0.2, 0.25) is 0 Å². The predicted octanol–water partition coefficient (Wildman–Crippen LogP) is 4.64. The van der Waals surface area contributed by atoms with E-state index in [-0.39, 0.29) is 34.4 Å². The van der Waals surface area contributed by atoms with Crippen LogP contribution < -0.4 is 0 Å². The summed E-state index contributed by atoms with van der Waals surface area (Å²) >= 11 is 5.55. The van der Waals surface area contributed by atoms with Gasteiger partial charge < -0.3 is 19.8 Å². The molecule has 1 aromatic carbocycles. The molecular formula is C32H44BrN3O4S. The van der Waals surface area contributed by atoms with Gasteiger partial charge in [0.05, 0.1) is 16.6 Å². The smallest absolute Gasteiger partial charge is 0.247 e. The molecule has 3 fully saturated rings. The molecule has 0 saturated carbocycles. The van der Waals surface area contributed by atoms with E-state index in [1.165, 1.54) is 0 Å². The fourth-order valence-electron chi connectivity index (χ4n) is 6.88. The Labute approximate surface area is 257 Å². The quantitative estimate of drug-likeness (QED) is 0.192. The number of likely N-dealkylation sites (tertiary alicyclic amines) is 1. The molecule has 0 aromatic heterocycles. The minimum absolute atomic E-state index is 0.0138. The second kappa shape index (κ2) is 13.0. The topological polar surface area (TPSA) is 81.2 Å². The zero-order valence-electron chi connectivity index (χ0n) is 24.5. The number of hydrogen-bond acceptors (Lipinski definition) is 5. The van der Waals surface area contributed by atoms with Crippen LogP contribution in [0.1, 0.15) is 52.0 Å². The van der Waals surface area contributed by atoms with E-state index in [0.29, 0.717) is 45.4 Å². The van der Waals surface area contributed by atoms with Gasteiger partial charge in [-0.1, -0.05) is 58.4 Å². The maximum absolute atomic E-state index is 14.5. The number of alkyl halides is 1. The summed E-state index contributed by atoms with van der Waals surface area (Å²) in [7, 11) is 0. The molecule has 9 heteroatoms. The monoisotopic (exact) mass is 645 g/mol. The molecule has 3 aliphatic heterocycles. The summed E-state index contributed by atoms with van der Waals surface area (Å²) in [5, 5.41) is 9.20. The molecule has 3 amide bonds. The zero-order valence-corrected chi connectivity index (χ0v) is 26.9. The number of nitrogens with zero attached hydrogens (tertiary/aromatic N) is 3. The Balaban J connectivity index is 1.73. The van der Waals surface area contributed by atoms with Crippen molar-refractivity contribution in [2.24, 2.45) is 11.8 Å². The highest BCUT2D eigenvalue weighted by molar-refractivity contribution is 9.09. The third kappa shape index (κ3) is 6.04. The van der Waals surface area contributed by atoms with E-state index < -0.39 is 28.2 Å². The number of thioether (sulfide) groups is 1. The van der Waals surface area contributed by atoms with Crippen molar-refractivity contribution in [2.75, 3.05) is 26.2 Å². The number of carbonyl (C=O) groups excluding carboxylic acids is 3. The maximum Gasteiger partial charge on any atom is 0.247 e. The second-order valence-corrected chi connectivity index (χ2v) is 15.1. The number of amides is 3. The van der Waals surface area contributed by atoms with Crippen molar-refractivity contribution in [1.82, 2.24) is 14.7 Å². The Bertz CT molecular complexity index is 1140. The Hall–Kier alpha value is -2.10. The van der Waals surface area contributed by atoms with Gasteiger partial charge in [0.1, 0.15) is 6.04 Å². The third-order valence-electron chi connectivity index (χ3n) is 8.63. The zero-order chi connectivity index (χ0) is 29.9. The van der Waals surface area contributed by atoms with Gasteiger partial charge >= 0.3 is 0 Å². The molecule has 41 heavy (non-hydrogen) atoms. The normalized spacial score (nSPS) is 28.5. The molecule has 2 bridgehead atoms. The fourth-order valence-corrected chi connectivity index (χ4v) is 10.5. The average molecular weight is 647 g/mol. The first-order chi connectivity index (χ1) is 19.5. The van der Waals surface area contributed by atoms with E-state index in [1.807, 2.05) is 56.0 Å². The lowest BCUT2D eigenvalue weighted by molar-refractivity contribution is -0.146. The number of benzene rings is 1. The molecule has 3 unspecified atom stereocenters. The van der Waals surface area contributed by atoms with Crippen LogP contribution in [0.5, 0.6) is 0 Å². The molecule has 0 aliphatic carbocycles. The van der Waals surface area contributed by atoms with Gasteiger partial charge in [0, 0.05) is 48.4 Å². The molecule has 1 N–H and O–H groups in total. The van der Waals surface area contributed by atoms with Crippen LogP contribution in [-0.4, -0.2) is 90.2 Å². The molecule has 7 nitrogen and oxygen atoms in total. The fraction of sp³-hybridized carbons (Fsp3) is 0.594. The van der Waals surface area contributed by atoms with Gasteiger partial charge in [-0.15, -0.1) is 24.9 Å². The number of rotatable bonds is 13. The van der Waals surface area contributed by atoms with Gasteiger partial charge in [0.15, 0.2) is 0 Å². The van der Waals surface area contributed by atoms with Crippen LogP contribution in [0.3, 0.4) is 0 Å². The van der Waals surface area contributed by atoms with Gasteiger partial charge in [0.2, 0.25) is 17.7 Å². The average Bonchev–Trinajstić information content (AvgIpc) is 3.52. The van der Waals surface area contributed by atoms with Gasteiger partial charge in [0.25, 0.3) is 0 Å². The van der Waals surface area contributed by atoms with Crippen molar-refractivity contribution in [3.8, 4) is 0 Å². The SMILES string of the molecule is C=CCN(Cc1ccccc1)C(=O)[C@H]1[C@@H]2SC3(CC2Br)C(C(=O)N(CC=C)C(C)(C)C)N(CCCCCO)C(=O)[C@H]13. The molecule has 0 radical (unpaired) electrons. The molecule has 3 saturated heterocycles. The summed E-state index contributed by atoms with van der Waals surface area (Å²) < 4.78 is -0.693. The lowest BCUT2D eigenvalue weighted by atomic mass is 9.70. The highest BCUT2D eigenvalue weighted by Crippen LogP contribution is 2.68. The van der Waals surface area contributed by atoms with E-state index in [2.05, 4.69) is 29.1 Å². The van der Waals surface area contributed by atoms with E-state index in [0.717, 1.165) is 12.0 Å². The minimum Gasteiger partial charge on any atom is -0.396 e. The first kappa shape index (κ1) is 31.8. The Morgan fingerprint density at radius 1 is 1.12 bits per heavy atom. The van der Waals surface area contributed by atoms with Crippen molar-refractivity contribution in [1.29, 1.82) is 0 Å². The number of aliphatic hydroxyl groups is 1. The Morgan fingerprint density at radius 3 is 2.41 bits per heavy atom. The number of fused-ring (bicyclic) bond motifs is 1. The first-order valence-electron chi connectivity index (χ1n) is 14.6. The van der Waals surface area contributed by atoms with Crippen LogP contribution in [-0.2, 0) is 20.9 Å². The summed E-state index contributed by atoms with van der Waals surface area (Å²) in [5.41, 5.74) is 0.553. The van der Waals surface area contributed by atoms with Crippen molar-refractivity contribution in [3.63, 3.8) is 0 Å². The van der Waals surface area contributed by atoms with E-state index >= 15 is 0 Å². The van der Waals surface area contributed by atoms with Gasteiger partial charge in [-0.3, -0.25) is 14.4 Å². The second-order valence-electron chi connectivity index (χ2n) is 12.4. The Kier molecular flexibility index (Phi) is 10.1. The largest absolute Gasteiger partial charge is 0.396 e. The van der Waals surface area contributed by atoms with Crippen molar-refractivity contribution >= 4 is 45.4 Å². The molecule has 6 atom stereocenters. The van der Waals surface area contributed by atoms with Crippen LogP contribution in [0.15, 0.2) is 55.6 Å². The van der Waals surface area contributed by atoms with Crippen LogP contribution in [0, 0.1) is 11.8 Å². The number of aliphatic hydroxyl groups excluding tert-OH is 1. The van der Waals surface area contributed by atoms with Crippen molar-refractivity contribution < 1.29 is 19.5 Å². The molecule has 1 aromatic rings. The molecular weight excluding hydrogens is 602 g/mol. The summed E-state index contributed by atoms with van der Waals surface area (Å²) in [6.07, 6.45) is 6.22. The maximum atomic E-state index is 14.5. The summed E-state index contributed by atoms with van der Waals surface area (Å²) in [6, 6.07) is 9.20. The predicted molar refractivity (Wildman–Crippen MR) is 169 cm³/mol. The van der Waals surface area contributed by atoms with Crippen LogP contribution in [0.25, 0.3) is 0 Å². The molecule has 4 rings (SSSR count).